The van der Waals surface area contributed by atoms with E-state index in [1.54, 1.807) is 6.20 Å². The molecule has 0 fully saturated rings. The van der Waals surface area contributed by atoms with Gasteiger partial charge in [0.05, 0.1) is 16.9 Å². The van der Waals surface area contributed by atoms with E-state index in [9.17, 15) is 13.2 Å². The molecule has 1 N–H and O–H groups in total. The average Bonchev–Trinajstić information content (AvgIpc) is 3.52. The molecule has 3 heterocycles. The van der Waals surface area contributed by atoms with Crippen LogP contribution >= 0.6 is 45.9 Å². The highest BCUT2D eigenvalue weighted by atomic mass is 35.5. The number of amides is 1. The Bertz CT molecular complexity index is 1680. The van der Waals surface area contributed by atoms with Gasteiger partial charge in [0.2, 0.25) is 5.91 Å². The third-order valence-corrected chi connectivity index (χ3v) is 9.95. The molecule has 0 aliphatic rings. The summed E-state index contributed by atoms with van der Waals surface area (Å²) in [6.07, 6.45) is 6.16. The van der Waals surface area contributed by atoms with Crippen LogP contribution < -0.4 is 4.72 Å². The maximum Gasteiger partial charge on any atom is 0.273 e. The second-order valence-corrected chi connectivity index (χ2v) is 12.5. The predicted octanol–water partition coefficient (Wildman–Crippen LogP) is 6.53. The topological polar surface area (TPSA) is 80.5 Å². The molecule has 5 aromatic rings. The minimum Gasteiger partial charge on any atom is -0.288 e. The summed E-state index contributed by atoms with van der Waals surface area (Å²) in [6.45, 7) is 0. The largest absolute Gasteiger partial charge is 0.288 e. The van der Waals surface area contributed by atoms with Gasteiger partial charge in [0.15, 0.2) is 4.96 Å². The number of benzene rings is 2. The number of aryl methyl sites for hydroxylation is 1. The molecule has 6 nitrogen and oxygen atoms in total. The maximum atomic E-state index is 12.4. The average molecular weight is 563 g/mol. The van der Waals surface area contributed by atoms with Crippen LogP contribution in [-0.4, -0.2) is 23.7 Å². The number of imidazole rings is 1. The van der Waals surface area contributed by atoms with Crippen molar-refractivity contribution >= 4 is 89.7 Å². The van der Waals surface area contributed by atoms with Gasteiger partial charge in [-0.1, -0.05) is 71.7 Å². The van der Waals surface area contributed by atoms with E-state index in [1.165, 1.54) is 17.4 Å². The summed E-state index contributed by atoms with van der Waals surface area (Å²) in [5, 5.41) is 4.38. The van der Waals surface area contributed by atoms with Gasteiger partial charge in [0, 0.05) is 17.5 Å². The molecule has 0 spiro atoms. The SMILES string of the molecule is O=C(CCc1csc2ncc(/C=C/c3cccc4ccccc34)n12)NS(=O)(=O)c1cc(Cl)c(Cl)s1. The van der Waals surface area contributed by atoms with Crippen LogP contribution in [0.3, 0.4) is 0 Å². The number of hydrogen-bond acceptors (Lipinski definition) is 6. The smallest absolute Gasteiger partial charge is 0.273 e. The standard InChI is InChI=1S/C24H17Cl2N3O3S3/c25-20-12-22(34-23(20)26)35(31,32)28-21(30)11-10-18-14-33-24-27-13-17(29(18)24)9-8-16-6-3-5-15-4-1-2-7-19(15)16/h1-9,12-14H,10-11H2,(H,28,30)/b9-8+. The first-order valence-electron chi connectivity index (χ1n) is 10.4. The molecule has 0 aliphatic carbocycles. The molecule has 0 saturated heterocycles. The van der Waals surface area contributed by atoms with Crippen molar-refractivity contribution in [2.24, 2.45) is 0 Å². The van der Waals surface area contributed by atoms with Crippen molar-refractivity contribution in [3.8, 4) is 0 Å². The number of carbonyl (C=O) groups excluding carboxylic acids is 1. The minimum absolute atomic E-state index is 0.0113. The molecular weight excluding hydrogens is 545 g/mol. The van der Waals surface area contributed by atoms with Crippen LogP contribution in [0.1, 0.15) is 23.4 Å². The van der Waals surface area contributed by atoms with Gasteiger partial charge >= 0.3 is 0 Å². The number of carbonyl (C=O) groups is 1. The first kappa shape index (κ1) is 24.0. The van der Waals surface area contributed by atoms with Gasteiger partial charge in [-0.3, -0.25) is 9.20 Å². The van der Waals surface area contributed by atoms with Crippen LogP contribution in [0.25, 0.3) is 27.9 Å². The van der Waals surface area contributed by atoms with Crippen molar-refractivity contribution in [2.45, 2.75) is 17.1 Å². The van der Waals surface area contributed by atoms with E-state index in [0.717, 1.165) is 44.0 Å². The minimum atomic E-state index is -4.03. The summed E-state index contributed by atoms with van der Waals surface area (Å²) in [5.74, 6) is -0.613. The van der Waals surface area contributed by atoms with Gasteiger partial charge in [-0.15, -0.1) is 22.7 Å². The molecule has 0 radical (unpaired) electrons. The fraction of sp³-hybridized carbons (Fsp3) is 0.0833. The number of rotatable bonds is 7. The molecule has 2 aromatic carbocycles. The summed E-state index contributed by atoms with van der Waals surface area (Å²) in [7, 11) is -4.03. The highest BCUT2D eigenvalue weighted by Gasteiger charge is 2.22. The molecule has 0 atom stereocenters. The van der Waals surface area contributed by atoms with Gasteiger partial charge in [0.25, 0.3) is 10.0 Å². The second-order valence-electron chi connectivity index (χ2n) is 7.65. The number of sulfonamides is 1. The number of fused-ring (bicyclic) bond motifs is 2. The van der Waals surface area contributed by atoms with E-state index in [-0.39, 0.29) is 20.0 Å². The molecular formula is C24H17Cl2N3O3S3. The Labute approximate surface area is 219 Å². The lowest BCUT2D eigenvalue weighted by molar-refractivity contribution is -0.119. The van der Waals surface area contributed by atoms with E-state index in [4.69, 9.17) is 23.2 Å². The number of hydrogen-bond donors (Lipinski definition) is 1. The molecule has 35 heavy (non-hydrogen) atoms. The van der Waals surface area contributed by atoms with Crippen molar-refractivity contribution in [1.29, 1.82) is 0 Å². The van der Waals surface area contributed by atoms with Gasteiger partial charge in [-0.25, -0.2) is 18.1 Å². The number of nitrogens with zero attached hydrogens (tertiary/aromatic N) is 2. The van der Waals surface area contributed by atoms with Gasteiger partial charge in [-0.2, -0.15) is 0 Å². The van der Waals surface area contributed by atoms with E-state index >= 15 is 0 Å². The fourth-order valence-corrected chi connectivity index (χ4v) is 7.50. The van der Waals surface area contributed by atoms with Crippen LogP contribution in [0, 0.1) is 0 Å². The van der Waals surface area contributed by atoms with Crippen molar-refractivity contribution in [1.82, 2.24) is 14.1 Å². The molecule has 11 heteroatoms. The molecule has 0 saturated carbocycles. The van der Waals surface area contributed by atoms with Crippen molar-refractivity contribution < 1.29 is 13.2 Å². The summed E-state index contributed by atoms with van der Waals surface area (Å²) in [6, 6.07) is 15.6. The zero-order valence-electron chi connectivity index (χ0n) is 17.9. The predicted molar refractivity (Wildman–Crippen MR) is 144 cm³/mol. The van der Waals surface area contributed by atoms with Crippen LogP contribution in [0.2, 0.25) is 9.36 Å². The number of halogens is 2. The summed E-state index contributed by atoms with van der Waals surface area (Å²) < 4.78 is 29.0. The number of aromatic nitrogens is 2. The normalized spacial score (nSPS) is 12.2. The molecule has 3 aromatic heterocycles. The quantitative estimate of drug-likeness (QED) is 0.245. The molecule has 5 rings (SSSR count). The number of thiophene rings is 1. The van der Waals surface area contributed by atoms with Crippen molar-refractivity contribution in [2.75, 3.05) is 0 Å². The first-order chi connectivity index (χ1) is 16.8. The Morgan fingerprint density at radius 2 is 1.91 bits per heavy atom. The fourth-order valence-electron chi connectivity index (χ4n) is 3.70. The second kappa shape index (κ2) is 9.75. The lowest BCUT2D eigenvalue weighted by Gasteiger charge is -2.05. The highest BCUT2D eigenvalue weighted by molar-refractivity contribution is 7.92. The monoisotopic (exact) mass is 561 g/mol. The van der Waals surface area contributed by atoms with Crippen molar-refractivity contribution in [3.63, 3.8) is 0 Å². The summed E-state index contributed by atoms with van der Waals surface area (Å²) in [4.78, 5) is 17.7. The van der Waals surface area contributed by atoms with Crippen LogP contribution in [0.5, 0.6) is 0 Å². The molecule has 178 valence electrons. The molecule has 0 bridgehead atoms. The van der Waals surface area contributed by atoms with E-state index in [2.05, 4.69) is 34.0 Å². The Kier molecular flexibility index (Phi) is 6.69. The Balaban J connectivity index is 1.33. The van der Waals surface area contributed by atoms with Crippen molar-refractivity contribution in [3.05, 3.63) is 86.4 Å². The first-order valence-corrected chi connectivity index (χ1v) is 14.4. The lowest BCUT2D eigenvalue weighted by Crippen LogP contribution is -2.30. The van der Waals surface area contributed by atoms with E-state index in [1.807, 2.05) is 40.1 Å². The van der Waals surface area contributed by atoms with Crippen LogP contribution in [-0.2, 0) is 21.2 Å². The molecule has 0 unspecified atom stereocenters. The van der Waals surface area contributed by atoms with Gasteiger partial charge in [0.1, 0.15) is 8.55 Å². The third kappa shape index (κ3) is 5.00. The Hall–Kier alpha value is -2.69. The summed E-state index contributed by atoms with van der Waals surface area (Å²) >= 11 is 14.0. The molecule has 1 amide bonds. The van der Waals surface area contributed by atoms with E-state index in [0.29, 0.717) is 6.42 Å². The van der Waals surface area contributed by atoms with Gasteiger partial charge < -0.3 is 0 Å². The maximum absolute atomic E-state index is 12.4. The zero-order chi connectivity index (χ0) is 24.6. The molecule has 0 aliphatic heterocycles. The van der Waals surface area contributed by atoms with Crippen LogP contribution in [0.15, 0.2) is 64.3 Å². The number of thiazole rings is 1. The Morgan fingerprint density at radius 3 is 2.71 bits per heavy atom. The highest BCUT2D eigenvalue weighted by Crippen LogP contribution is 2.34. The Morgan fingerprint density at radius 1 is 1.11 bits per heavy atom. The van der Waals surface area contributed by atoms with E-state index < -0.39 is 15.9 Å². The zero-order valence-corrected chi connectivity index (χ0v) is 21.9. The lowest BCUT2D eigenvalue weighted by atomic mass is 10.0. The van der Waals surface area contributed by atoms with Gasteiger partial charge in [-0.05, 0) is 34.9 Å². The third-order valence-electron chi connectivity index (χ3n) is 5.35. The van der Waals surface area contributed by atoms with Crippen LogP contribution in [0.4, 0.5) is 0 Å². The summed E-state index contributed by atoms with van der Waals surface area (Å²) in [5.41, 5.74) is 2.84. The number of nitrogens with one attached hydrogen (secondary N) is 1.